The maximum Gasteiger partial charge on any atom is 0.247 e. The van der Waals surface area contributed by atoms with Crippen LogP contribution < -0.4 is 5.32 Å². The van der Waals surface area contributed by atoms with Crippen LogP contribution in [-0.2, 0) is 11.8 Å². The summed E-state index contributed by atoms with van der Waals surface area (Å²) in [5.74, 6) is 1.28. The molecule has 1 fully saturated rings. The molecule has 3 aromatic heterocycles. The topological polar surface area (TPSA) is 88.8 Å². The van der Waals surface area contributed by atoms with E-state index >= 15 is 0 Å². The summed E-state index contributed by atoms with van der Waals surface area (Å²) >= 11 is 0. The van der Waals surface area contributed by atoms with Crippen LogP contribution in [0.4, 0.5) is 11.6 Å². The Bertz CT molecular complexity index is 983. The number of likely N-dealkylation sites (tertiary alicyclic amines) is 1. The monoisotopic (exact) mass is 375 g/mol. The van der Waals surface area contributed by atoms with E-state index in [0.29, 0.717) is 18.2 Å². The lowest BCUT2D eigenvalue weighted by atomic mass is 10.1. The predicted octanol–water partition coefficient (Wildman–Crippen LogP) is 2.73. The second-order valence-electron chi connectivity index (χ2n) is 6.60. The van der Waals surface area contributed by atoms with Gasteiger partial charge in [-0.3, -0.25) is 14.5 Å². The number of carbonyl (C=O) groups excluding carboxylic acids is 1. The third-order valence-electron chi connectivity index (χ3n) is 4.63. The predicted molar refractivity (Wildman–Crippen MR) is 105 cm³/mol. The van der Waals surface area contributed by atoms with Crippen LogP contribution in [0.2, 0.25) is 0 Å². The summed E-state index contributed by atoms with van der Waals surface area (Å²) in [7, 11) is 1.85. The van der Waals surface area contributed by atoms with E-state index in [0.717, 1.165) is 24.1 Å². The third-order valence-corrected chi connectivity index (χ3v) is 4.63. The largest absolute Gasteiger partial charge is 0.330 e. The second-order valence-corrected chi connectivity index (χ2v) is 6.60. The number of pyridine rings is 1. The highest BCUT2D eigenvalue weighted by Gasteiger charge is 2.32. The van der Waals surface area contributed by atoms with E-state index < -0.39 is 0 Å². The van der Waals surface area contributed by atoms with Gasteiger partial charge in [-0.15, -0.1) is 0 Å². The molecule has 1 saturated heterocycles. The summed E-state index contributed by atoms with van der Waals surface area (Å²) < 4.78 is 1.71. The van der Waals surface area contributed by atoms with Crippen molar-refractivity contribution in [3.63, 3.8) is 0 Å². The zero-order valence-corrected chi connectivity index (χ0v) is 15.6. The molecule has 0 aromatic carbocycles. The Labute approximate surface area is 163 Å². The van der Waals surface area contributed by atoms with Crippen LogP contribution in [0.5, 0.6) is 0 Å². The first-order valence-electron chi connectivity index (χ1n) is 9.17. The number of rotatable bonds is 5. The van der Waals surface area contributed by atoms with Gasteiger partial charge < -0.3 is 10.2 Å². The van der Waals surface area contributed by atoms with Crippen molar-refractivity contribution in [1.82, 2.24) is 29.6 Å². The van der Waals surface area contributed by atoms with Gasteiger partial charge in [0.05, 0.1) is 12.2 Å². The van der Waals surface area contributed by atoms with Crippen molar-refractivity contribution < 1.29 is 4.79 Å². The summed E-state index contributed by atoms with van der Waals surface area (Å²) in [4.78, 5) is 27.9. The SMILES string of the molecule is Cn1cc(/C=C/C(=O)N2CCC[C@@H]2c2nccnc2Nc2ccccn2)cn1. The minimum atomic E-state index is -0.119. The summed E-state index contributed by atoms with van der Waals surface area (Å²) in [6.07, 6.45) is 13.8. The van der Waals surface area contributed by atoms with Crippen molar-refractivity contribution in [2.45, 2.75) is 18.9 Å². The third kappa shape index (κ3) is 3.90. The van der Waals surface area contributed by atoms with Gasteiger partial charge in [-0.2, -0.15) is 5.10 Å². The van der Waals surface area contributed by atoms with Crippen molar-refractivity contribution in [2.75, 3.05) is 11.9 Å². The molecule has 4 rings (SSSR count). The molecule has 0 bridgehead atoms. The molecule has 0 spiro atoms. The van der Waals surface area contributed by atoms with E-state index in [1.54, 1.807) is 41.6 Å². The Morgan fingerprint density at radius 2 is 2.11 bits per heavy atom. The molecule has 142 valence electrons. The zero-order valence-electron chi connectivity index (χ0n) is 15.6. The fourth-order valence-corrected chi connectivity index (χ4v) is 3.35. The van der Waals surface area contributed by atoms with Gasteiger partial charge in [0.15, 0.2) is 5.82 Å². The van der Waals surface area contributed by atoms with Gasteiger partial charge in [0.1, 0.15) is 11.5 Å². The molecule has 3 aromatic rings. The summed E-state index contributed by atoms with van der Waals surface area (Å²) in [5, 5.41) is 7.33. The smallest absolute Gasteiger partial charge is 0.247 e. The first-order valence-corrected chi connectivity index (χ1v) is 9.17. The molecule has 8 heteroatoms. The normalized spacial score (nSPS) is 16.6. The van der Waals surface area contributed by atoms with E-state index in [4.69, 9.17) is 0 Å². The average molecular weight is 375 g/mol. The van der Waals surface area contributed by atoms with Crippen molar-refractivity contribution in [1.29, 1.82) is 0 Å². The van der Waals surface area contributed by atoms with Crippen LogP contribution in [0.15, 0.2) is 55.3 Å². The minimum absolute atomic E-state index is 0.0409. The number of amides is 1. The van der Waals surface area contributed by atoms with Crippen LogP contribution in [0.25, 0.3) is 6.08 Å². The first kappa shape index (κ1) is 17.8. The zero-order chi connectivity index (χ0) is 19.3. The molecule has 28 heavy (non-hydrogen) atoms. The number of hydrogen-bond acceptors (Lipinski definition) is 6. The van der Waals surface area contributed by atoms with Gasteiger partial charge in [-0.1, -0.05) is 6.07 Å². The van der Waals surface area contributed by atoms with Crippen molar-refractivity contribution in [3.05, 3.63) is 66.5 Å². The number of aromatic nitrogens is 5. The Morgan fingerprint density at radius 3 is 2.89 bits per heavy atom. The van der Waals surface area contributed by atoms with Crippen molar-refractivity contribution in [2.24, 2.45) is 7.05 Å². The van der Waals surface area contributed by atoms with Gasteiger partial charge in [0.2, 0.25) is 5.91 Å². The van der Waals surface area contributed by atoms with Crippen LogP contribution in [-0.4, -0.2) is 42.1 Å². The Hall–Kier alpha value is -3.55. The van der Waals surface area contributed by atoms with Crippen molar-refractivity contribution >= 4 is 23.6 Å². The fraction of sp³-hybridized carbons (Fsp3) is 0.250. The minimum Gasteiger partial charge on any atom is -0.330 e. The van der Waals surface area contributed by atoms with Gasteiger partial charge in [0.25, 0.3) is 0 Å². The van der Waals surface area contributed by atoms with E-state index in [-0.39, 0.29) is 11.9 Å². The Balaban J connectivity index is 1.55. The Kier molecular flexibility index (Phi) is 5.09. The fourth-order valence-electron chi connectivity index (χ4n) is 3.35. The molecular weight excluding hydrogens is 354 g/mol. The maximum absolute atomic E-state index is 12.8. The van der Waals surface area contributed by atoms with Gasteiger partial charge in [0, 0.05) is 50.0 Å². The van der Waals surface area contributed by atoms with Crippen LogP contribution in [0.3, 0.4) is 0 Å². The molecule has 1 amide bonds. The van der Waals surface area contributed by atoms with E-state index in [1.807, 2.05) is 36.3 Å². The van der Waals surface area contributed by atoms with Crippen LogP contribution in [0.1, 0.15) is 30.1 Å². The number of nitrogens with zero attached hydrogens (tertiary/aromatic N) is 6. The van der Waals surface area contributed by atoms with Gasteiger partial charge in [-0.25, -0.2) is 9.97 Å². The molecule has 0 aliphatic carbocycles. The standard InChI is InChI=1S/C20H21N7O/c1-26-14-15(13-24-26)7-8-18(28)27-12-4-5-16(27)19-20(23-11-10-22-19)25-17-6-2-3-9-21-17/h2-3,6-11,13-14,16H,4-5,12H2,1H3,(H,21,23,25)/b8-7+/t16-/m1/s1. The van der Waals surface area contributed by atoms with E-state index in [1.165, 1.54) is 0 Å². The molecule has 1 N–H and O–H groups in total. The molecule has 0 unspecified atom stereocenters. The molecule has 0 saturated carbocycles. The van der Waals surface area contributed by atoms with E-state index in [2.05, 4.69) is 25.4 Å². The lowest BCUT2D eigenvalue weighted by Crippen LogP contribution is -2.30. The second kappa shape index (κ2) is 7.99. The quantitative estimate of drug-likeness (QED) is 0.690. The van der Waals surface area contributed by atoms with Gasteiger partial charge in [-0.05, 0) is 31.1 Å². The molecular formula is C20H21N7O. The molecule has 1 aliphatic heterocycles. The highest BCUT2D eigenvalue weighted by molar-refractivity contribution is 5.92. The Morgan fingerprint density at radius 1 is 1.21 bits per heavy atom. The number of hydrogen-bond donors (Lipinski definition) is 1. The molecule has 8 nitrogen and oxygen atoms in total. The highest BCUT2D eigenvalue weighted by atomic mass is 16.2. The van der Waals surface area contributed by atoms with Crippen LogP contribution >= 0.6 is 0 Å². The maximum atomic E-state index is 12.8. The lowest BCUT2D eigenvalue weighted by molar-refractivity contribution is -0.126. The average Bonchev–Trinajstić information content (AvgIpc) is 3.36. The molecule has 1 aliphatic rings. The first-order chi connectivity index (χ1) is 13.7. The summed E-state index contributed by atoms with van der Waals surface area (Å²) in [6.45, 7) is 0.695. The van der Waals surface area contributed by atoms with E-state index in [9.17, 15) is 4.79 Å². The molecule has 1 atom stereocenters. The van der Waals surface area contributed by atoms with Crippen LogP contribution in [0, 0.1) is 0 Å². The lowest BCUT2D eigenvalue weighted by Gasteiger charge is -2.24. The molecule has 4 heterocycles. The molecule has 0 radical (unpaired) electrons. The number of aryl methyl sites for hydroxylation is 1. The van der Waals surface area contributed by atoms with Crippen molar-refractivity contribution in [3.8, 4) is 0 Å². The summed E-state index contributed by atoms with van der Waals surface area (Å²) in [6, 6.07) is 5.51. The number of carbonyl (C=O) groups is 1. The number of nitrogens with one attached hydrogen (secondary N) is 1. The summed E-state index contributed by atoms with van der Waals surface area (Å²) in [5.41, 5.74) is 1.65. The highest BCUT2D eigenvalue weighted by Crippen LogP contribution is 2.34. The van der Waals surface area contributed by atoms with Gasteiger partial charge >= 0.3 is 0 Å². The number of anilines is 2.